The van der Waals surface area contributed by atoms with Crippen molar-refractivity contribution in [2.45, 2.75) is 46.1 Å². The minimum Gasteiger partial charge on any atom is -0.497 e. The summed E-state index contributed by atoms with van der Waals surface area (Å²) in [6, 6.07) is 7.76. The van der Waals surface area contributed by atoms with Crippen LogP contribution in [-0.2, 0) is 4.79 Å². The van der Waals surface area contributed by atoms with E-state index >= 15 is 0 Å². The summed E-state index contributed by atoms with van der Waals surface area (Å²) in [5.41, 5.74) is 6.79. The van der Waals surface area contributed by atoms with E-state index in [1.54, 1.807) is 7.11 Å². The molecule has 1 unspecified atom stereocenters. The van der Waals surface area contributed by atoms with Gasteiger partial charge in [0.25, 0.3) is 0 Å². The molecule has 0 saturated heterocycles. The first-order valence-corrected chi connectivity index (χ1v) is 7.51. The number of carbonyl (C=O) groups is 1. The summed E-state index contributed by atoms with van der Waals surface area (Å²) in [5.74, 6) is 0.907. The van der Waals surface area contributed by atoms with Gasteiger partial charge in [0.05, 0.1) is 13.2 Å². The molecule has 1 aromatic rings. The van der Waals surface area contributed by atoms with Crippen LogP contribution in [0.25, 0.3) is 0 Å². The van der Waals surface area contributed by atoms with E-state index in [4.69, 9.17) is 10.5 Å². The maximum Gasteiger partial charge on any atom is 0.220 e. The van der Waals surface area contributed by atoms with Crippen molar-refractivity contribution in [3.8, 4) is 5.75 Å². The SMILES string of the molecule is COc1ccc(C(C)NC(=O)CCC(C)(C)CCN)cc1. The third kappa shape index (κ3) is 6.17. The van der Waals surface area contributed by atoms with Gasteiger partial charge in [0, 0.05) is 6.42 Å². The molecule has 1 rings (SSSR count). The van der Waals surface area contributed by atoms with Crippen LogP contribution in [0.5, 0.6) is 5.75 Å². The zero-order valence-electron chi connectivity index (χ0n) is 13.6. The van der Waals surface area contributed by atoms with Crippen LogP contribution < -0.4 is 15.8 Å². The van der Waals surface area contributed by atoms with E-state index < -0.39 is 0 Å². The van der Waals surface area contributed by atoms with Crippen LogP contribution in [0.4, 0.5) is 0 Å². The summed E-state index contributed by atoms with van der Waals surface area (Å²) < 4.78 is 5.13. The van der Waals surface area contributed by atoms with Crippen LogP contribution in [0, 0.1) is 5.41 Å². The number of ether oxygens (including phenoxy) is 1. The van der Waals surface area contributed by atoms with E-state index in [1.165, 1.54) is 0 Å². The third-order valence-electron chi connectivity index (χ3n) is 3.84. The summed E-state index contributed by atoms with van der Waals surface area (Å²) in [4.78, 5) is 12.0. The van der Waals surface area contributed by atoms with Gasteiger partial charge >= 0.3 is 0 Å². The van der Waals surface area contributed by atoms with Crippen LogP contribution in [0.2, 0.25) is 0 Å². The number of rotatable bonds is 8. The number of methoxy groups -OCH3 is 1. The highest BCUT2D eigenvalue weighted by Gasteiger charge is 2.19. The van der Waals surface area contributed by atoms with Crippen molar-refractivity contribution >= 4 is 5.91 Å². The molecule has 0 bridgehead atoms. The standard InChI is InChI=1S/C17H28N2O2/c1-13(14-5-7-15(21-4)8-6-14)19-16(20)9-10-17(2,3)11-12-18/h5-8,13H,9-12,18H2,1-4H3,(H,19,20). The van der Waals surface area contributed by atoms with Gasteiger partial charge in [0.1, 0.15) is 5.75 Å². The summed E-state index contributed by atoms with van der Waals surface area (Å²) in [7, 11) is 1.64. The van der Waals surface area contributed by atoms with Crippen LogP contribution in [0.3, 0.4) is 0 Å². The Balaban J connectivity index is 2.46. The normalized spacial score (nSPS) is 12.8. The van der Waals surface area contributed by atoms with Gasteiger partial charge in [-0.3, -0.25) is 4.79 Å². The largest absolute Gasteiger partial charge is 0.497 e. The fraction of sp³-hybridized carbons (Fsp3) is 0.588. The molecule has 1 atom stereocenters. The first-order chi connectivity index (χ1) is 9.88. The van der Waals surface area contributed by atoms with E-state index in [0.717, 1.165) is 24.2 Å². The van der Waals surface area contributed by atoms with Gasteiger partial charge in [-0.2, -0.15) is 0 Å². The molecule has 1 aromatic carbocycles. The van der Waals surface area contributed by atoms with Crippen LogP contribution in [0.15, 0.2) is 24.3 Å². The second-order valence-corrected chi connectivity index (χ2v) is 6.27. The fourth-order valence-corrected chi connectivity index (χ4v) is 2.26. The molecule has 0 heterocycles. The maximum absolute atomic E-state index is 12.0. The Morgan fingerprint density at radius 3 is 2.43 bits per heavy atom. The van der Waals surface area contributed by atoms with Crippen molar-refractivity contribution in [3.63, 3.8) is 0 Å². The Morgan fingerprint density at radius 1 is 1.29 bits per heavy atom. The van der Waals surface area contributed by atoms with Crippen LogP contribution in [0.1, 0.15) is 51.6 Å². The van der Waals surface area contributed by atoms with Crippen molar-refractivity contribution < 1.29 is 9.53 Å². The molecule has 0 aliphatic rings. The van der Waals surface area contributed by atoms with E-state index in [2.05, 4.69) is 19.2 Å². The molecule has 3 N–H and O–H groups in total. The molecule has 0 saturated carbocycles. The molecule has 0 fully saturated rings. The van der Waals surface area contributed by atoms with Crippen LogP contribution >= 0.6 is 0 Å². The number of amides is 1. The molecule has 0 aliphatic heterocycles. The van der Waals surface area contributed by atoms with Gasteiger partial charge in [0.2, 0.25) is 5.91 Å². The van der Waals surface area contributed by atoms with E-state index in [1.807, 2.05) is 31.2 Å². The van der Waals surface area contributed by atoms with Gasteiger partial charge in [-0.25, -0.2) is 0 Å². The minimum atomic E-state index is 0.000951. The molecule has 0 aliphatic carbocycles. The number of hydrogen-bond donors (Lipinski definition) is 2. The Bertz CT molecular complexity index is 441. The van der Waals surface area contributed by atoms with E-state index in [9.17, 15) is 4.79 Å². The lowest BCUT2D eigenvalue weighted by Crippen LogP contribution is -2.28. The lowest BCUT2D eigenvalue weighted by atomic mass is 9.84. The topological polar surface area (TPSA) is 64.3 Å². The minimum absolute atomic E-state index is 0.000951. The molecule has 0 radical (unpaired) electrons. The number of nitrogens with one attached hydrogen (secondary N) is 1. The first-order valence-electron chi connectivity index (χ1n) is 7.51. The average molecular weight is 292 g/mol. The molecule has 0 spiro atoms. The van der Waals surface area contributed by atoms with Crippen molar-refractivity contribution in [3.05, 3.63) is 29.8 Å². The summed E-state index contributed by atoms with van der Waals surface area (Å²) in [5, 5.41) is 3.04. The Labute approximate surface area is 128 Å². The highest BCUT2D eigenvalue weighted by atomic mass is 16.5. The zero-order chi connectivity index (χ0) is 15.9. The second-order valence-electron chi connectivity index (χ2n) is 6.27. The van der Waals surface area contributed by atoms with Gasteiger partial charge in [0.15, 0.2) is 0 Å². The molecule has 1 amide bonds. The molecule has 0 aromatic heterocycles. The Hall–Kier alpha value is -1.55. The smallest absolute Gasteiger partial charge is 0.220 e. The Morgan fingerprint density at radius 2 is 1.90 bits per heavy atom. The Kier molecular flexibility index (Phi) is 6.69. The molecular weight excluding hydrogens is 264 g/mol. The molecule has 4 nitrogen and oxygen atoms in total. The highest BCUT2D eigenvalue weighted by molar-refractivity contribution is 5.76. The molecule has 4 heteroatoms. The van der Waals surface area contributed by atoms with Gasteiger partial charge < -0.3 is 15.8 Å². The first kappa shape index (κ1) is 17.5. The lowest BCUT2D eigenvalue weighted by molar-refractivity contribution is -0.122. The predicted molar refractivity (Wildman–Crippen MR) is 86.2 cm³/mol. The number of hydrogen-bond acceptors (Lipinski definition) is 3. The summed E-state index contributed by atoms with van der Waals surface area (Å²) >= 11 is 0. The zero-order valence-corrected chi connectivity index (χ0v) is 13.6. The van der Waals surface area contributed by atoms with Gasteiger partial charge in [-0.05, 0) is 49.4 Å². The van der Waals surface area contributed by atoms with Crippen molar-refractivity contribution in [1.29, 1.82) is 0 Å². The molecule has 118 valence electrons. The van der Waals surface area contributed by atoms with Gasteiger partial charge in [-0.1, -0.05) is 26.0 Å². The number of nitrogens with two attached hydrogens (primary N) is 1. The van der Waals surface area contributed by atoms with E-state index in [-0.39, 0.29) is 17.4 Å². The molecular formula is C17H28N2O2. The third-order valence-corrected chi connectivity index (χ3v) is 3.84. The quantitative estimate of drug-likeness (QED) is 0.774. The number of carbonyl (C=O) groups excluding carboxylic acids is 1. The number of benzene rings is 1. The van der Waals surface area contributed by atoms with Crippen molar-refractivity contribution in [2.24, 2.45) is 11.1 Å². The fourth-order valence-electron chi connectivity index (χ4n) is 2.26. The predicted octanol–water partition coefficient (Wildman–Crippen LogP) is 3.03. The summed E-state index contributed by atoms with van der Waals surface area (Å²) in [6.07, 6.45) is 2.33. The average Bonchev–Trinajstić information content (AvgIpc) is 2.45. The molecule has 21 heavy (non-hydrogen) atoms. The van der Waals surface area contributed by atoms with Gasteiger partial charge in [-0.15, -0.1) is 0 Å². The lowest BCUT2D eigenvalue weighted by Gasteiger charge is -2.24. The second kappa shape index (κ2) is 8.03. The van der Waals surface area contributed by atoms with E-state index in [0.29, 0.717) is 13.0 Å². The summed E-state index contributed by atoms with van der Waals surface area (Å²) in [6.45, 7) is 6.96. The van der Waals surface area contributed by atoms with Crippen LogP contribution in [-0.4, -0.2) is 19.6 Å². The van der Waals surface area contributed by atoms with Crippen molar-refractivity contribution in [2.75, 3.05) is 13.7 Å². The maximum atomic E-state index is 12.0. The monoisotopic (exact) mass is 292 g/mol. The van der Waals surface area contributed by atoms with Crippen molar-refractivity contribution in [1.82, 2.24) is 5.32 Å². The highest BCUT2D eigenvalue weighted by Crippen LogP contribution is 2.26.